The van der Waals surface area contributed by atoms with Crippen molar-refractivity contribution < 1.29 is 4.74 Å². The van der Waals surface area contributed by atoms with Crippen LogP contribution in [0.4, 0.5) is 5.82 Å². The summed E-state index contributed by atoms with van der Waals surface area (Å²) in [6, 6.07) is 4.00. The van der Waals surface area contributed by atoms with Crippen LogP contribution in [-0.2, 0) is 11.2 Å². The maximum atomic E-state index is 5.93. The Morgan fingerprint density at radius 2 is 2.15 bits per heavy atom. The van der Waals surface area contributed by atoms with Gasteiger partial charge in [-0.05, 0) is 31.9 Å². The van der Waals surface area contributed by atoms with Crippen LogP contribution in [0, 0.1) is 0 Å². The maximum Gasteiger partial charge on any atom is 0.126 e. The van der Waals surface area contributed by atoms with E-state index in [0.29, 0.717) is 5.82 Å². The lowest BCUT2D eigenvalue weighted by atomic mass is 9.87. The third-order valence-electron chi connectivity index (χ3n) is 4.23. The minimum absolute atomic E-state index is 0.0825. The van der Waals surface area contributed by atoms with E-state index in [1.54, 1.807) is 6.20 Å². The topological polar surface area (TPSA) is 89.4 Å². The van der Waals surface area contributed by atoms with Crippen LogP contribution < -0.4 is 17.0 Å². The average molecular weight is 279 g/mol. The molecule has 1 saturated heterocycles. The lowest BCUT2D eigenvalue weighted by molar-refractivity contribution is -0.0232. The number of hydrazine groups is 1. The molecule has 112 valence electrons. The first-order valence-electron chi connectivity index (χ1n) is 7.04. The summed E-state index contributed by atoms with van der Waals surface area (Å²) in [5, 5.41) is 0. The Bertz CT molecular complexity index is 431. The molecule has 0 spiro atoms. The maximum absolute atomic E-state index is 5.93. The molecule has 0 aromatic carbocycles. The van der Waals surface area contributed by atoms with Gasteiger partial charge in [-0.1, -0.05) is 6.07 Å². The molecule has 0 saturated carbocycles. The molecule has 2 heterocycles. The summed E-state index contributed by atoms with van der Waals surface area (Å²) in [7, 11) is 0. The standard InChI is InChI=1S/C14H25N5O/c1-14(2,19-6-8-20-9-7-19)12(18-16)10-11-4-3-5-17-13(11)15/h3-5,12,18H,6-10,16H2,1-2H3,(H2,15,17). The molecule has 1 aliphatic rings. The van der Waals surface area contributed by atoms with Crippen LogP contribution in [0.5, 0.6) is 0 Å². The second-order valence-electron chi connectivity index (χ2n) is 5.72. The molecule has 1 aromatic rings. The van der Waals surface area contributed by atoms with Gasteiger partial charge in [-0.2, -0.15) is 0 Å². The third-order valence-corrected chi connectivity index (χ3v) is 4.23. The molecule has 0 aliphatic carbocycles. The van der Waals surface area contributed by atoms with Crippen molar-refractivity contribution in [2.75, 3.05) is 32.0 Å². The van der Waals surface area contributed by atoms with Gasteiger partial charge in [0, 0.05) is 30.9 Å². The van der Waals surface area contributed by atoms with Gasteiger partial charge in [0.25, 0.3) is 0 Å². The van der Waals surface area contributed by atoms with Crippen LogP contribution in [0.1, 0.15) is 19.4 Å². The number of hydrogen-bond donors (Lipinski definition) is 3. The van der Waals surface area contributed by atoms with Gasteiger partial charge in [0.15, 0.2) is 0 Å². The zero-order valence-electron chi connectivity index (χ0n) is 12.3. The van der Waals surface area contributed by atoms with E-state index in [1.807, 2.05) is 12.1 Å². The van der Waals surface area contributed by atoms with Crippen molar-refractivity contribution in [1.82, 2.24) is 15.3 Å². The molecular weight excluding hydrogens is 254 g/mol. The lowest BCUT2D eigenvalue weighted by Crippen LogP contribution is -2.62. The van der Waals surface area contributed by atoms with E-state index in [1.165, 1.54) is 0 Å². The SMILES string of the molecule is CC(C)(C(Cc1cccnc1N)NN)N1CCOCC1. The third kappa shape index (κ3) is 3.27. The first kappa shape index (κ1) is 15.2. The Balaban J connectivity index is 2.12. The van der Waals surface area contributed by atoms with Gasteiger partial charge in [0.1, 0.15) is 5.82 Å². The summed E-state index contributed by atoms with van der Waals surface area (Å²) < 4.78 is 5.42. The Morgan fingerprint density at radius 1 is 1.45 bits per heavy atom. The second kappa shape index (κ2) is 6.49. The van der Waals surface area contributed by atoms with Gasteiger partial charge < -0.3 is 10.5 Å². The van der Waals surface area contributed by atoms with Gasteiger partial charge in [-0.25, -0.2) is 4.98 Å². The van der Waals surface area contributed by atoms with Crippen molar-refractivity contribution in [1.29, 1.82) is 0 Å². The summed E-state index contributed by atoms with van der Waals surface area (Å²) in [4.78, 5) is 6.55. The van der Waals surface area contributed by atoms with E-state index < -0.39 is 0 Å². The molecule has 0 bridgehead atoms. The number of nitrogens with zero attached hydrogens (tertiary/aromatic N) is 2. The van der Waals surface area contributed by atoms with E-state index in [0.717, 1.165) is 38.3 Å². The van der Waals surface area contributed by atoms with E-state index in [2.05, 4.69) is 29.2 Å². The van der Waals surface area contributed by atoms with Gasteiger partial charge in [-0.3, -0.25) is 16.2 Å². The molecule has 2 rings (SSSR count). The first-order chi connectivity index (χ1) is 9.55. The highest BCUT2D eigenvalue weighted by molar-refractivity contribution is 5.39. The van der Waals surface area contributed by atoms with Gasteiger partial charge in [0.2, 0.25) is 0 Å². The number of aromatic nitrogens is 1. The molecule has 0 amide bonds. The number of ether oxygens (including phenoxy) is 1. The largest absolute Gasteiger partial charge is 0.383 e. The number of nitrogen functional groups attached to an aromatic ring is 1. The second-order valence-corrected chi connectivity index (χ2v) is 5.72. The Labute approximate surface area is 120 Å². The zero-order valence-corrected chi connectivity index (χ0v) is 12.3. The summed E-state index contributed by atoms with van der Waals surface area (Å²) >= 11 is 0. The van der Waals surface area contributed by atoms with Crippen LogP contribution >= 0.6 is 0 Å². The smallest absolute Gasteiger partial charge is 0.126 e. The van der Waals surface area contributed by atoms with Gasteiger partial charge >= 0.3 is 0 Å². The van der Waals surface area contributed by atoms with E-state index in [9.17, 15) is 0 Å². The molecule has 1 atom stereocenters. The van der Waals surface area contributed by atoms with E-state index >= 15 is 0 Å². The Kier molecular flexibility index (Phi) is 4.93. The molecule has 1 aliphatic heterocycles. The minimum atomic E-state index is -0.0825. The fourth-order valence-corrected chi connectivity index (χ4v) is 2.72. The number of pyridine rings is 1. The van der Waals surface area contributed by atoms with Crippen molar-refractivity contribution in [3.63, 3.8) is 0 Å². The quantitative estimate of drug-likeness (QED) is 0.525. The van der Waals surface area contributed by atoms with Crippen LogP contribution in [0.15, 0.2) is 18.3 Å². The average Bonchev–Trinajstić information content (AvgIpc) is 2.47. The van der Waals surface area contributed by atoms with E-state index in [-0.39, 0.29) is 11.6 Å². The molecule has 20 heavy (non-hydrogen) atoms. The molecular formula is C14H25N5O. The normalized spacial score (nSPS) is 18.9. The summed E-state index contributed by atoms with van der Waals surface area (Å²) in [6.45, 7) is 7.80. The van der Waals surface area contributed by atoms with Crippen molar-refractivity contribution >= 4 is 5.82 Å². The van der Waals surface area contributed by atoms with Crippen molar-refractivity contribution in [3.8, 4) is 0 Å². The fourth-order valence-electron chi connectivity index (χ4n) is 2.72. The predicted octanol–water partition coefficient (Wildman–Crippen LogP) is 0.149. The molecule has 1 fully saturated rings. The highest BCUT2D eigenvalue weighted by atomic mass is 16.5. The molecule has 0 radical (unpaired) electrons. The first-order valence-corrected chi connectivity index (χ1v) is 7.04. The van der Waals surface area contributed by atoms with Crippen LogP contribution in [0.3, 0.4) is 0 Å². The van der Waals surface area contributed by atoms with Crippen LogP contribution in [-0.4, -0.2) is 47.8 Å². The predicted molar refractivity (Wildman–Crippen MR) is 79.9 cm³/mol. The molecule has 1 unspecified atom stereocenters. The number of hydrogen-bond acceptors (Lipinski definition) is 6. The van der Waals surface area contributed by atoms with Crippen LogP contribution in [0.2, 0.25) is 0 Å². The highest BCUT2D eigenvalue weighted by Crippen LogP contribution is 2.24. The Morgan fingerprint density at radius 3 is 2.75 bits per heavy atom. The van der Waals surface area contributed by atoms with Gasteiger partial charge in [0.05, 0.1) is 13.2 Å². The summed E-state index contributed by atoms with van der Waals surface area (Å²) in [5.74, 6) is 6.37. The van der Waals surface area contributed by atoms with Crippen molar-refractivity contribution in [3.05, 3.63) is 23.9 Å². The number of morpholine rings is 1. The van der Waals surface area contributed by atoms with Gasteiger partial charge in [-0.15, -0.1) is 0 Å². The fraction of sp³-hybridized carbons (Fsp3) is 0.643. The number of anilines is 1. The molecule has 6 heteroatoms. The molecule has 5 N–H and O–H groups in total. The number of nitrogens with two attached hydrogens (primary N) is 2. The lowest BCUT2D eigenvalue weighted by Gasteiger charge is -2.45. The number of rotatable bonds is 5. The van der Waals surface area contributed by atoms with Crippen LogP contribution in [0.25, 0.3) is 0 Å². The number of nitrogens with one attached hydrogen (secondary N) is 1. The highest BCUT2D eigenvalue weighted by Gasteiger charge is 2.36. The molecule has 1 aromatic heterocycles. The monoisotopic (exact) mass is 279 g/mol. The van der Waals surface area contributed by atoms with Crippen molar-refractivity contribution in [2.24, 2.45) is 5.84 Å². The summed E-state index contributed by atoms with van der Waals surface area (Å²) in [6.07, 6.45) is 2.46. The van der Waals surface area contributed by atoms with Crippen molar-refractivity contribution in [2.45, 2.75) is 31.8 Å². The summed E-state index contributed by atoms with van der Waals surface area (Å²) in [5.41, 5.74) is 9.82. The zero-order chi connectivity index (χ0) is 14.6. The molecule has 6 nitrogen and oxygen atoms in total. The van der Waals surface area contributed by atoms with E-state index in [4.69, 9.17) is 16.3 Å². The Hall–Kier alpha value is -1.21. The minimum Gasteiger partial charge on any atom is -0.383 e.